The van der Waals surface area contributed by atoms with Crippen molar-refractivity contribution in [2.45, 2.75) is 41.5 Å². The molecule has 0 saturated carbocycles. The number of rotatable bonds is 12. The van der Waals surface area contributed by atoms with Crippen molar-refractivity contribution in [2.75, 3.05) is 36.0 Å². The predicted molar refractivity (Wildman–Crippen MR) is 164 cm³/mol. The molecule has 40 heavy (non-hydrogen) atoms. The summed E-state index contributed by atoms with van der Waals surface area (Å²) in [6.07, 6.45) is 3.16. The zero-order chi connectivity index (χ0) is 29.1. The number of hydrogen-bond donors (Lipinski definition) is 2. The van der Waals surface area contributed by atoms with Crippen LogP contribution in [0.4, 0.5) is 11.4 Å². The highest BCUT2D eigenvalue weighted by molar-refractivity contribution is 6.01. The summed E-state index contributed by atoms with van der Waals surface area (Å²) in [5.41, 5.74) is 10.6. The van der Waals surface area contributed by atoms with Gasteiger partial charge in [0.05, 0.1) is 34.9 Å². The minimum Gasteiger partial charge on any atom is -0.372 e. The molecule has 0 spiro atoms. The summed E-state index contributed by atoms with van der Waals surface area (Å²) >= 11 is 0. The van der Waals surface area contributed by atoms with Gasteiger partial charge in [0.2, 0.25) is 0 Å². The van der Waals surface area contributed by atoms with Crippen molar-refractivity contribution < 1.29 is 9.59 Å². The molecular formula is C31H39N7O2. The number of pyridine rings is 1. The van der Waals surface area contributed by atoms with Crippen LogP contribution in [0.1, 0.15) is 70.9 Å². The van der Waals surface area contributed by atoms with Gasteiger partial charge < -0.3 is 9.80 Å². The molecule has 3 rings (SSSR count). The van der Waals surface area contributed by atoms with Crippen LogP contribution in [0, 0.1) is 13.8 Å². The molecule has 0 saturated heterocycles. The molecule has 210 valence electrons. The third-order valence-corrected chi connectivity index (χ3v) is 6.70. The van der Waals surface area contributed by atoms with Crippen molar-refractivity contribution in [1.29, 1.82) is 0 Å². The van der Waals surface area contributed by atoms with Crippen LogP contribution in [-0.2, 0) is 0 Å². The summed E-state index contributed by atoms with van der Waals surface area (Å²) in [7, 11) is 0. The lowest BCUT2D eigenvalue weighted by Crippen LogP contribution is -2.24. The molecule has 2 N–H and O–H groups in total. The molecule has 0 bridgehead atoms. The van der Waals surface area contributed by atoms with Crippen molar-refractivity contribution in [3.8, 4) is 0 Å². The van der Waals surface area contributed by atoms with E-state index in [1.165, 1.54) is 6.07 Å². The third-order valence-electron chi connectivity index (χ3n) is 6.70. The normalized spacial score (nSPS) is 11.2. The Bertz CT molecular complexity index is 1240. The number of carbonyl (C=O) groups excluding carboxylic acids is 2. The second-order valence-corrected chi connectivity index (χ2v) is 9.18. The fourth-order valence-electron chi connectivity index (χ4n) is 4.36. The number of anilines is 2. The molecule has 0 fully saturated rings. The lowest BCUT2D eigenvalue weighted by molar-refractivity contribution is 0.0954. The molecule has 2 aromatic carbocycles. The highest BCUT2D eigenvalue weighted by atomic mass is 16.2. The van der Waals surface area contributed by atoms with Crippen LogP contribution >= 0.6 is 0 Å². The smallest absolute Gasteiger partial charge is 0.273 e. The number of aryl methyl sites for hydroxylation is 2. The van der Waals surface area contributed by atoms with Gasteiger partial charge in [0.15, 0.2) is 0 Å². The van der Waals surface area contributed by atoms with Crippen molar-refractivity contribution in [2.24, 2.45) is 10.2 Å². The van der Waals surface area contributed by atoms with Crippen molar-refractivity contribution >= 4 is 35.6 Å². The largest absolute Gasteiger partial charge is 0.372 e. The van der Waals surface area contributed by atoms with Gasteiger partial charge in [-0.25, -0.2) is 10.9 Å². The van der Waals surface area contributed by atoms with E-state index in [1.807, 2.05) is 48.5 Å². The fraction of sp³-hybridized carbons (Fsp3) is 0.323. The first-order valence-electron chi connectivity index (χ1n) is 13.7. The molecule has 0 atom stereocenters. The van der Waals surface area contributed by atoms with E-state index in [2.05, 4.69) is 63.5 Å². The highest BCUT2D eigenvalue weighted by Crippen LogP contribution is 2.16. The lowest BCUT2D eigenvalue weighted by Gasteiger charge is -2.20. The van der Waals surface area contributed by atoms with Crippen LogP contribution in [0.2, 0.25) is 0 Å². The van der Waals surface area contributed by atoms with Gasteiger partial charge in [-0.3, -0.25) is 14.6 Å². The number of nitrogens with one attached hydrogen (secondary N) is 2. The molecular weight excluding hydrogens is 502 g/mol. The van der Waals surface area contributed by atoms with E-state index in [9.17, 15) is 9.59 Å². The first-order valence-corrected chi connectivity index (χ1v) is 13.7. The first-order chi connectivity index (χ1) is 19.3. The summed E-state index contributed by atoms with van der Waals surface area (Å²) < 4.78 is 0. The van der Waals surface area contributed by atoms with Gasteiger partial charge in [-0.05, 0) is 83.0 Å². The Morgan fingerprint density at radius 1 is 0.675 bits per heavy atom. The van der Waals surface area contributed by atoms with E-state index in [0.29, 0.717) is 11.4 Å². The topological polar surface area (TPSA) is 102 Å². The maximum absolute atomic E-state index is 12.8. The van der Waals surface area contributed by atoms with E-state index in [0.717, 1.165) is 48.7 Å². The molecule has 1 aromatic heterocycles. The van der Waals surface area contributed by atoms with Crippen LogP contribution in [-0.4, -0.2) is 55.4 Å². The summed E-state index contributed by atoms with van der Waals surface area (Å²) in [6, 6.07) is 17.4. The summed E-state index contributed by atoms with van der Waals surface area (Å²) in [4.78, 5) is 34.6. The van der Waals surface area contributed by atoms with Gasteiger partial charge in [-0.1, -0.05) is 24.3 Å². The van der Waals surface area contributed by atoms with Gasteiger partial charge in [0.25, 0.3) is 11.8 Å². The first kappa shape index (κ1) is 30.0. The minimum absolute atomic E-state index is 0.265. The molecule has 2 amide bonds. The van der Waals surface area contributed by atoms with Crippen molar-refractivity contribution in [3.05, 3.63) is 88.2 Å². The van der Waals surface area contributed by atoms with Gasteiger partial charge in [0, 0.05) is 37.6 Å². The lowest BCUT2D eigenvalue weighted by atomic mass is 10.1. The van der Waals surface area contributed by atoms with Gasteiger partial charge >= 0.3 is 0 Å². The third kappa shape index (κ3) is 7.75. The molecule has 0 radical (unpaired) electrons. The maximum atomic E-state index is 12.8. The number of aromatic nitrogens is 1. The van der Waals surface area contributed by atoms with Crippen LogP contribution in [0.15, 0.2) is 64.8 Å². The minimum atomic E-state index is -0.452. The zero-order valence-electron chi connectivity index (χ0n) is 24.2. The van der Waals surface area contributed by atoms with E-state index < -0.39 is 11.8 Å². The Labute approximate surface area is 237 Å². The van der Waals surface area contributed by atoms with Crippen LogP contribution < -0.4 is 20.7 Å². The fourth-order valence-corrected chi connectivity index (χ4v) is 4.36. The van der Waals surface area contributed by atoms with Crippen LogP contribution in [0.25, 0.3) is 0 Å². The second-order valence-electron chi connectivity index (χ2n) is 9.18. The number of benzene rings is 2. The molecule has 1 heterocycles. The van der Waals surface area contributed by atoms with E-state index in [4.69, 9.17) is 0 Å². The molecule has 0 aliphatic carbocycles. The number of nitrogens with zero attached hydrogens (tertiary/aromatic N) is 5. The van der Waals surface area contributed by atoms with Gasteiger partial charge in [-0.15, -0.1) is 0 Å². The quantitative estimate of drug-likeness (QED) is 0.250. The average molecular weight is 542 g/mol. The molecule has 0 unspecified atom stereocenters. The number of hydrogen-bond acceptors (Lipinski definition) is 7. The number of amides is 2. The number of hydrazone groups is 2. The number of carbonyl (C=O) groups is 2. The van der Waals surface area contributed by atoms with E-state index in [1.54, 1.807) is 26.3 Å². The summed E-state index contributed by atoms with van der Waals surface area (Å²) in [6.45, 7) is 15.6. The van der Waals surface area contributed by atoms with Gasteiger partial charge in [0.1, 0.15) is 0 Å². The van der Waals surface area contributed by atoms with Crippen LogP contribution in [0.5, 0.6) is 0 Å². The Morgan fingerprint density at radius 2 is 1.02 bits per heavy atom. The standard InChI is InChI=1S/C31H39N7O2/c1-7-37(8-2)26-15-11-24(12-16-26)20-32-35-30(39)28-19-29(23(6)34-22(28)5)31(40)36-33-21-25-13-17-27(18-14-25)38(9-3)10-4/h11-21H,7-10H2,1-6H3,(H,35,39)(H,36,40). The summed E-state index contributed by atoms with van der Waals surface area (Å²) in [5.74, 6) is -0.904. The van der Waals surface area contributed by atoms with Crippen molar-refractivity contribution in [3.63, 3.8) is 0 Å². The molecule has 3 aromatic rings. The average Bonchev–Trinajstić information content (AvgIpc) is 2.96. The maximum Gasteiger partial charge on any atom is 0.273 e. The van der Waals surface area contributed by atoms with Crippen LogP contribution in [0.3, 0.4) is 0 Å². The highest BCUT2D eigenvalue weighted by Gasteiger charge is 2.17. The van der Waals surface area contributed by atoms with Crippen molar-refractivity contribution in [1.82, 2.24) is 15.8 Å². The monoisotopic (exact) mass is 541 g/mol. The molecule has 0 aliphatic rings. The Morgan fingerprint density at radius 3 is 1.35 bits per heavy atom. The molecule has 0 aliphatic heterocycles. The Kier molecular flexibility index (Phi) is 10.9. The Hall–Kier alpha value is -4.53. The zero-order valence-corrected chi connectivity index (χ0v) is 24.2. The van der Waals surface area contributed by atoms with E-state index >= 15 is 0 Å². The summed E-state index contributed by atoms with van der Waals surface area (Å²) in [5, 5.41) is 8.18. The Balaban J connectivity index is 1.64. The van der Waals surface area contributed by atoms with E-state index in [-0.39, 0.29) is 11.1 Å². The molecule has 9 heteroatoms. The molecule has 9 nitrogen and oxygen atoms in total. The second kappa shape index (κ2) is 14.6. The van der Waals surface area contributed by atoms with Gasteiger partial charge in [-0.2, -0.15) is 10.2 Å². The SMILES string of the molecule is CCN(CC)c1ccc(C=NNC(=O)c2cc(C(=O)NN=Cc3ccc(N(CC)CC)cc3)c(C)nc2C)cc1. The predicted octanol–water partition coefficient (Wildman–Crippen LogP) is 4.92.